The first kappa shape index (κ1) is 20.3. The molecule has 29 heavy (non-hydrogen) atoms. The average molecular weight is 435 g/mol. The fourth-order valence-electron chi connectivity index (χ4n) is 3.74. The van der Waals surface area contributed by atoms with Gasteiger partial charge in [0.25, 0.3) is 10.0 Å². The van der Waals surface area contributed by atoms with E-state index in [2.05, 4.69) is 16.4 Å². The van der Waals surface area contributed by atoms with E-state index in [1.807, 2.05) is 12.1 Å². The molecule has 2 heterocycles. The summed E-state index contributed by atoms with van der Waals surface area (Å²) in [6, 6.07) is 9.71. The summed E-state index contributed by atoms with van der Waals surface area (Å²) in [7, 11) is -3.46. The van der Waals surface area contributed by atoms with Crippen LogP contribution in [0.3, 0.4) is 0 Å². The molecule has 0 unspecified atom stereocenters. The van der Waals surface area contributed by atoms with E-state index < -0.39 is 10.0 Å². The average Bonchev–Trinajstić information content (AvgIpc) is 3.23. The van der Waals surface area contributed by atoms with Crippen molar-refractivity contribution in [3.63, 3.8) is 0 Å². The summed E-state index contributed by atoms with van der Waals surface area (Å²) in [5.41, 5.74) is 9.82. The quantitative estimate of drug-likeness (QED) is 0.557. The number of nitrogens with zero attached hydrogens (tertiary/aromatic N) is 2. The highest BCUT2D eigenvalue weighted by Crippen LogP contribution is 2.28. The van der Waals surface area contributed by atoms with Crippen LogP contribution in [0.25, 0.3) is 0 Å². The lowest BCUT2D eigenvalue weighted by Gasteiger charge is -2.25. The lowest BCUT2D eigenvalue weighted by Crippen LogP contribution is -2.40. The molecular weight excluding hydrogens is 408 g/mol. The largest absolute Gasteiger partial charge is 0.379 e. The van der Waals surface area contributed by atoms with Gasteiger partial charge in [0.2, 0.25) is 0 Å². The highest BCUT2D eigenvalue weighted by Gasteiger charge is 2.27. The van der Waals surface area contributed by atoms with E-state index >= 15 is 0 Å². The third-order valence-corrected chi connectivity index (χ3v) is 8.70. The van der Waals surface area contributed by atoms with Crippen molar-refractivity contribution in [1.29, 1.82) is 0 Å². The van der Waals surface area contributed by atoms with Gasteiger partial charge >= 0.3 is 0 Å². The molecule has 2 aliphatic rings. The van der Waals surface area contributed by atoms with Crippen molar-refractivity contribution in [2.45, 2.75) is 36.4 Å². The smallest absolute Gasteiger partial charge is 0.252 e. The van der Waals surface area contributed by atoms with Gasteiger partial charge in [0.05, 0.1) is 19.8 Å². The number of rotatable bonds is 5. The predicted octanol–water partition coefficient (Wildman–Crippen LogP) is 2.57. The Labute approximate surface area is 175 Å². The van der Waals surface area contributed by atoms with Gasteiger partial charge in [-0.25, -0.2) is 13.4 Å². The minimum atomic E-state index is -3.46. The van der Waals surface area contributed by atoms with Crippen LogP contribution in [0.2, 0.25) is 0 Å². The Morgan fingerprint density at radius 1 is 1.17 bits per heavy atom. The number of thiophene rings is 1. The normalized spacial score (nSPS) is 18.4. The molecule has 1 aromatic heterocycles. The predicted molar refractivity (Wildman–Crippen MR) is 116 cm³/mol. The molecule has 1 fully saturated rings. The number of nitrogens with one attached hydrogen (secondary N) is 1. The fraction of sp³-hybridized carbons (Fsp3) is 0.450. The number of aliphatic imine (C=N–C) groups is 1. The van der Waals surface area contributed by atoms with Gasteiger partial charge in [-0.15, -0.1) is 11.3 Å². The zero-order valence-corrected chi connectivity index (χ0v) is 17.9. The second kappa shape index (κ2) is 8.83. The zero-order valence-electron chi connectivity index (χ0n) is 16.3. The van der Waals surface area contributed by atoms with E-state index in [1.54, 1.807) is 12.1 Å². The Morgan fingerprint density at radius 2 is 1.97 bits per heavy atom. The summed E-state index contributed by atoms with van der Waals surface area (Å²) in [6.07, 6.45) is 4.59. The monoisotopic (exact) mass is 434 g/mol. The summed E-state index contributed by atoms with van der Waals surface area (Å²) < 4.78 is 32.5. The first-order valence-corrected chi connectivity index (χ1v) is 12.1. The van der Waals surface area contributed by atoms with Crippen molar-refractivity contribution in [1.82, 2.24) is 4.31 Å². The van der Waals surface area contributed by atoms with Gasteiger partial charge in [-0.2, -0.15) is 4.31 Å². The Bertz CT molecular complexity index is 995. The molecule has 4 rings (SSSR count). The number of sulfonamides is 1. The van der Waals surface area contributed by atoms with Crippen LogP contribution in [-0.2, 0) is 34.1 Å². The Kier molecular flexibility index (Phi) is 6.19. The zero-order chi connectivity index (χ0) is 20.3. The topological polar surface area (TPSA) is 97.0 Å². The molecule has 2 aromatic rings. The molecule has 7 nitrogen and oxygen atoms in total. The van der Waals surface area contributed by atoms with E-state index in [9.17, 15) is 8.42 Å². The lowest BCUT2D eigenvalue weighted by atomic mass is 9.90. The lowest BCUT2D eigenvalue weighted by molar-refractivity contribution is 0.0731. The molecule has 0 spiro atoms. The maximum absolute atomic E-state index is 12.7. The Balaban J connectivity index is 1.42. The Morgan fingerprint density at radius 3 is 2.79 bits per heavy atom. The molecule has 1 aliphatic carbocycles. The minimum absolute atomic E-state index is 0.341. The van der Waals surface area contributed by atoms with Crippen LogP contribution in [0.5, 0.6) is 0 Å². The molecule has 1 aliphatic heterocycles. The number of benzene rings is 1. The molecule has 1 aromatic carbocycles. The van der Waals surface area contributed by atoms with Crippen LogP contribution in [0, 0.1) is 0 Å². The second-order valence-corrected chi connectivity index (χ2v) is 10.5. The van der Waals surface area contributed by atoms with Crippen LogP contribution < -0.4 is 11.1 Å². The summed E-state index contributed by atoms with van der Waals surface area (Å²) >= 11 is 1.24. The molecule has 0 atom stereocenters. The van der Waals surface area contributed by atoms with Crippen molar-refractivity contribution >= 4 is 33.0 Å². The number of nitrogens with two attached hydrogens (primary N) is 1. The molecule has 0 amide bonds. The van der Waals surface area contributed by atoms with Crippen molar-refractivity contribution in [2.24, 2.45) is 10.7 Å². The third kappa shape index (κ3) is 4.63. The van der Waals surface area contributed by atoms with E-state index in [4.69, 9.17) is 10.5 Å². The molecule has 3 N–H and O–H groups in total. The molecule has 0 saturated carbocycles. The SMILES string of the molecule is NC(=NCc1ccc(S(=O)(=O)N2CCOCC2)s1)Nc1cccc2c1CCCC2. The summed E-state index contributed by atoms with van der Waals surface area (Å²) in [6.45, 7) is 2.01. The van der Waals surface area contributed by atoms with Gasteiger partial charge in [-0.3, -0.25) is 0 Å². The van der Waals surface area contributed by atoms with E-state index in [-0.39, 0.29) is 0 Å². The highest BCUT2D eigenvalue weighted by molar-refractivity contribution is 7.91. The van der Waals surface area contributed by atoms with Crippen LogP contribution in [-0.4, -0.2) is 45.0 Å². The molecule has 0 bridgehead atoms. The van der Waals surface area contributed by atoms with Crippen molar-refractivity contribution < 1.29 is 13.2 Å². The number of ether oxygens (including phenoxy) is 1. The number of morpholine rings is 1. The molecule has 156 valence electrons. The Hall–Kier alpha value is -1.94. The van der Waals surface area contributed by atoms with Crippen molar-refractivity contribution in [3.8, 4) is 0 Å². The van der Waals surface area contributed by atoms with Gasteiger partial charge in [0.15, 0.2) is 5.96 Å². The van der Waals surface area contributed by atoms with E-state index in [1.165, 1.54) is 39.6 Å². The number of hydrogen-bond donors (Lipinski definition) is 2. The van der Waals surface area contributed by atoms with Gasteiger partial charge in [-0.05, 0) is 55.0 Å². The van der Waals surface area contributed by atoms with Gasteiger partial charge < -0.3 is 15.8 Å². The van der Waals surface area contributed by atoms with E-state index in [0.717, 1.165) is 23.4 Å². The standard InChI is InChI=1S/C20H26N4O3S2/c21-20(23-18-7-3-5-15-4-1-2-6-17(15)18)22-14-16-8-9-19(28-16)29(25,26)24-10-12-27-13-11-24/h3,5,7-9H,1-2,4,6,10-14H2,(H3,21,22,23). The number of aryl methyl sites for hydroxylation is 1. The maximum atomic E-state index is 12.7. The molecule has 0 radical (unpaired) electrons. The summed E-state index contributed by atoms with van der Waals surface area (Å²) in [5.74, 6) is 0.343. The number of anilines is 1. The van der Waals surface area contributed by atoms with Gasteiger partial charge in [0.1, 0.15) is 4.21 Å². The van der Waals surface area contributed by atoms with E-state index in [0.29, 0.717) is 43.0 Å². The first-order valence-electron chi connectivity index (χ1n) is 9.88. The van der Waals surface area contributed by atoms with Crippen LogP contribution in [0.4, 0.5) is 5.69 Å². The van der Waals surface area contributed by atoms with Crippen LogP contribution in [0.15, 0.2) is 39.5 Å². The fourth-order valence-corrected chi connectivity index (χ4v) is 6.58. The number of guanidine groups is 1. The maximum Gasteiger partial charge on any atom is 0.252 e. The summed E-state index contributed by atoms with van der Waals surface area (Å²) in [5, 5.41) is 3.22. The summed E-state index contributed by atoms with van der Waals surface area (Å²) in [4.78, 5) is 5.27. The highest BCUT2D eigenvalue weighted by atomic mass is 32.2. The second-order valence-electron chi connectivity index (χ2n) is 7.21. The van der Waals surface area contributed by atoms with Gasteiger partial charge in [-0.1, -0.05) is 12.1 Å². The number of fused-ring (bicyclic) bond motifs is 1. The first-order chi connectivity index (χ1) is 14.0. The van der Waals surface area contributed by atoms with Gasteiger partial charge in [0, 0.05) is 23.7 Å². The number of hydrogen-bond acceptors (Lipinski definition) is 5. The van der Waals surface area contributed by atoms with Crippen LogP contribution in [0.1, 0.15) is 28.8 Å². The molecular formula is C20H26N4O3S2. The van der Waals surface area contributed by atoms with Crippen molar-refractivity contribution in [3.05, 3.63) is 46.3 Å². The van der Waals surface area contributed by atoms with Crippen molar-refractivity contribution in [2.75, 3.05) is 31.6 Å². The molecule has 1 saturated heterocycles. The molecule has 9 heteroatoms. The minimum Gasteiger partial charge on any atom is -0.379 e. The van der Waals surface area contributed by atoms with Crippen LogP contribution >= 0.6 is 11.3 Å². The third-order valence-electron chi connectivity index (χ3n) is 5.27.